The van der Waals surface area contributed by atoms with Crippen molar-refractivity contribution in [3.63, 3.8) is 0 Å². The Hall–Kier alpha value is -1.95. The molecule has 6 heteroatoms. The van der Waals surface area contributed by atoms with Crippen LogP contribution in [-0.4, -0.2) is 38.1 Å². The molecule has 0 aliphatic heterocycles. The van der Waals surface area contributed by atoms with E-state index in [1.54, 1.807) is 12.3 Å². The highest BCUT2D eigenvalue weighted by Crippen LogP contribution is 2.16. The van der Waals surface area contributed by atoms with Crippen molar-refractivity contribution >= 4 is 16.9 Å². The predicted molar refractivity (Wildman–Crippen MR) is 71.8 cm³/mol. The molecule has 19 heavy (non-hydrogen) atoms. The third kappa shape index (κ3) is 3.08. The van der Waals surface area contributed by atoms with Gasteiger partial charge >= 0.3 is 0 Å². The molecule has 6 nitrogen and oxygen atoms in total. The lowest BCUT2D eigenvalue weighted by Crippen LogP contribution is -2.43. The van der Waals surface area contributed by atoms with Gasteiger partial charge in [-0.15, -0.1) is 0 Å². The largest absolute Gasteiger partial charge is 0.396 e. The van der Waals surface area contributed by atoms with Gasteiger partial charge in [-0.3, -0.25) is 4.79 Å². The molecule has 2 aromatic rings. The Morgan fingerprint density at radius 3 is 3.00 bits per heavy atom. The summed E-state index contributed by atoms with van der Waals surface area (Å²) in [4.78, 5) is 23.3. The van der Waals surface area contributed by atoms with Gasteiger partial charge in [0.2, 0.25) is 0 Å². The number of aromatic amines is 1. The first kappa shape index (κ1) is 13.5. The van der Waals surface area contributed by atoms with Crippen LogP contribution in [0.5, 0.6) is 0 Å². The Kier molecular flexibility index (Phi) is 3.80. The van der Waals surface area contributed by atoms with Crippen molar-refractivity contribution in [2.45, 2.75) is 32.2 Å². The molecule has 1 amide bonds. The maximum Gasteiger partial charge on any atom is 0.271 e. The molecule has 0 atom stereocenters. The Morgan fingerprint density at radius 2 is 2.26 bits per heavy atom. The summed E-state index contributed by atoms with van der Waals surface area (Å²) >= 11 is 0. The van der Waals surface area contributed by atoms with Gasteiger partial charge in [0.05, 0.1) is 5.39 Å². The molecule has 0 aliphatic carbocycles. The highest BCUT2D eigenvalue weighted by atomic mass is 16.3. The van der Waals surface area contributed by atoms with E-state index in [0.717, 1.165) is 0 Å². The fraction of sp³-hybridized carbons (Fsp3) is 0.462. The zero-order valence-corrected chi connectivity index (χ0v) is 11.1. The first-order chi connectivity index (χ1) is 9.03. The first-order valence-electron chi connectivity index (χ1n) is 6.25. The first-order valence-corrected chi connectivity index (χ1v) is 6.25. The standard InChI is InChI=1S/C13H18N4O2/c1-13(2,5-3-7-18)17-12(19)10-9-4-6-14-11(9)16-8-15-10/h4,6,8,18H,3,5,7H2,1-2H3,(H,17,19)(H,14,15,16). The fourth-order valence-corrected chi connectivity index (χ4v) is 2.00. The topological polar surface area (TPSA) is 90.9 Å². The van der Waals surface area contributed by atoms with E-state index < -0.39 is 0 Å². The molecule has 3 N–H and O–H groups in total. The molecule has 2 heterocycles. The third-order valence-corrected chi connectivity index (χ3v) is 2.98. The molecule has 0 unspecified atom stereocenters. The smallest absolute Gasteiger partial charge is 0.271 e. The molecule has 0 aromatic carbocycles. The van der Waals surface area contributed by atoms with Crippen LogP contribution >= 0.6 is 0 Å². The van der Waals surface area contributed by atoms with Gasteiger partial charge < -0.3 is 15.4 Å². The second-order valence-corrected chi connectivity index (χ2v) is 5.13. The summed E-state index contributed by atoms with van der Waals surface area (Å²) in [5, 5.41) is 12.5. The molecule has 2 rings (SSSR count). The van der Waals surface area contributed by atoms with Crippen LogP contribution in [0.15, 0.2) is 18.6 Å². The van der Waals surface area contributed by atoms with Gasteiger partial charge in [-0.1, -0.05) is 0 Å². The number of H-pyrrole nitrogens is 1. The molecule has 0 fully saturated rings. The number of aliphatic hydroxyl groups excluding tert-OH is 1. The summed E-state index contributed by atoms with van der Waals surface area (Å²) in [5.74, 6) is -0.227. The normalized spacial score (nSPS) is 11.7. The van der Waals surface area contributed by atoms with E-state index in [1.165, 1.54) is 6.33 Å². The number of carbonyl (C=O) groups is 1. The van der Waals surface area contributed by atoms with Gasteiger partial charge in [0, 0.05) is 18.3 Å². The molecule has 102 valence electrons. The van der Waals surface area contributed by atoms with Gasteiger partial charge in [-0.25, -0.2) is 9.97 Å². The Balaban J connectivity index is 2.18. The van der Waals surface area contributed by atoms with Crippen LogP contribution in [0, 0.1) is 0 Å². The molecule has 0 bridgehead atoms. The molecule has 0 saturated carbocycles. The Morgan fingerprint density at radius 1 is 1.47 bits per heavy atom. The summed E-state index contributed by atoms with van der Waals surface area (Å²) in [6, 6.07) is 1.78. The van der Waals surface area contributed by atoms with E-state index >= 15 is 0 Å². The van der Waals surface area contributed by atoms with Crippen LogP contribution in [-0.2, 0) is 0 Å². The predicted octanol–water partition coefficient (Wildman–Crippen LogP) is 1.24. The van der Waals surface area contributed by atoms with Crippen molar-refractivity contribution in [3.8, 4) is 0 Å². The number of hydrogen-bond donors (Lipinski definition) is 3. The summed E-state index contributed by atoms with van der Waals surface area (Å²) < 4.78 is 0. The van der Waals surface area contributed by atoms with Gasteiger partial charge in [-0.05, 0) is 32.8 Å². The Bertz CT molecular complexity index is 577. The van der Waals surface area contributed by atoms with E-state index in [0.29, 0.717) is 29.6 Å². The maximum absolute atomic E-state index is 12.3. The molecule has 0 saturated heterocycles. The van der Waals surface area contributed by atoms with Crippen molar-refractivity contribution in [3.05, 3.63) is 24.3 Å². The van der Waals surface area contributed by atoms with Crippen molar-refractivity contribution in [2.75, 3.05) is 6.61 Å². The third-order valence-electron chi connectivity index (χ3n) is 2.98. The molecule has 0 aliphatic rings. The van der Waals surface area contributed by atoms with Crippen LogP contribution in [0.25, 0.3) is 11.0 Å². The minimum Gasteiger partial charge on any atom is -0.396 e. The lowest BCUT2D eigenvalue weighted by atomic mass is 9.98. The monoisotopic (exact) mass is 262 g/mol. The zero-order chi connectivity index (χ0) is 13.9. The second kappa shape index (κ2) is 5.36. The number of aromatic nitrogens is 3. The van der Waals surface area contributed by atoms with E-state index in [1.807, 2.05) is 13.8 Å². The number of nitrogens with one attached hydrogen (secondary N) is 2. The van der Waals surface area contributed by atoms with Gasteiger partial charge in [0.15, 0.2) is 0 Å². The van der Waals surface area contributed by atoms with Crippen LogP contribution in [0.3, 0.4) is 0 Å². The van der Waals surface area contributed by atoms with Crippen molar-refractivity contribution < 1.29 is 9.90 Å². The maximum atomic E-state index is 12.3. The van der Waals surface area contributed by atoms with Gasteiger partial charge in [0.25, 0.3) is 5.91 Å². The zero-order valence-electron chi connectivity index (χ0n) is 11.1. The van der Waals surface area contributed by atoms with Gasteiger partial charge in [-0.2, -0.15) is 0 Å². The number of hydrogen-bond acceptors (Lipinski definition) is 4. The van der Waals surface area contributed by atoms with Crippen molar-refractivity contribution in [2.24, 2.45) is 0 Å². The quantitative estimate of drug-likeness (QED) is 0.756. The van der Waals surface area contributed by atoms with Crippen molar-refractivity contribution in [1.29, 1.82) is 0 Å². The average Bonchev–Trinajstić information content (AvgIpc) is 2.83. The molecule has 2 aromatic heterocycles. The second-order valence-electron chi connectivity index (χ2n) is 5.13. The van der Waals surface area contributed by atoms with Crippen LogP contribution in [0.4, 0.5) is 0 Å². The number of amides is 1. The van der Waals surface area contributed by atoms with E-state index in [-0.39, 0.29) is 18.1 Å². The SMILES string of the molecule is CC(C)(CCCO)NC(=O)c1ncnc2[nH]ccc12. The summed E-state index contributed by atoms with van der Waals surface area (Å²) in [7, 11) is 0. The molecular weight excluding hydrogens is 244 g/mol. The lowest BCUT2D eigenvalue weighted by Gasteiger charge is -2.25. The summed E-state index contributed by atoms with van der Waals surface area (Å²) in [6.45, 7) is 3.97. The number of nitrogens with zero attached hydrogens (tertiary/aromatic N) is 2. The Labute approximate surface area is 111 Å². The lowest BCUT2D eigenvalue weighted by molar-refractivity contribution is 0.0901. The van der Waals surface area contributed by atoms with Crippen LogP contribution < -0.4 is 5.32 Å². The van der Waals surface area contributed by atoms with E-state index in [4.69, 9.17) is 5.11 Å². The van der Waals surface area contributed by atoms with Gasteiger partial charge in [0.1, 0.15) is 17.7 Å². The number of fused-ring (bicyclic) bond motifs is 1. The van der Waals surface area contributed by atoms with E-state index in [9.17, 15) is 4.79 Å². The molecule has 0 spiro atoms. The molecular formula is C13H18N4O2. The van der Waals surface area contributed by atoms with Crippen molar-refractivity contribution in [1.82, 2.24) is 20.3 Å². The minimum atomic E-state index is -0.382. The molecule has 0 radical (unpaired) electrons. The van der Waals surface area contributed by atoms with E-state index in [2.05, 4.69) is 20.3 Å². The average molecular weight is 262 g/mol. The summed E-state index contributed by atoms with van der Waals surface area (Å²) in [6.07, 6.45) is 4.45. The number of aliphatic hydroxyl groups is 1. The number of carbonyl (C=O) groups excluding carboxylic acids is 1. The van der Waals surface area contributed by atoms with Crippen LogP contribution in [0.1, 0.15) is 37.2 Å². The van der Waals surface area contributed by atoms with Crippen LogP contribution in [0.2, 0.25) is 0 Å². The number of rotatable bonds is 5. The summed E-state index contributed by atoms with van der Waals surface area (Å²) in [5.41, 5.74) is 0.629. The highest BCUT2D eigenvalue weighted by Gasteiger charge is 2.22. The highest BCUT2D eigenvalue weighted by molar-refractivity contribution is 6.03. The fourth-order valence-electron chi connectivity index (χ4n) is 2.00. The minimum absolute atomic E-state index is 0.120.